The van der Waals surface area contributed by atoms with E-state index in [1.54, 1.807) is 16.2 Å². The summed E-state index contributed by atoms with van der Waals surface area (Å²) in [4.78, 5) is 28.1. The molecule has 4 rings (SSSR count). The van der Waals surface area contributed by atoms with E-state index in [-0.39, 0.29) is 24.8 Å². The molecule has 0 saturated heterocycles. The minimum absolute atomic E-state index is 0.0647. The highest BCUT2D eigenvalue weighted by Crippen LogP contribution is 2.34. The van der Waals surface area contributed by atoms with Crippen LogP contribution in [-0.2, 0) is 22.6 Å². The monoisotopic (exact) mass is 436 g/mol. The summed E-state index contributed by atoms with van der Waals surface area (Å²) < 4.78 is 11.3. The molecule has 1 aliphatic heterocycles. The van der Waals surface area contributed by atoms with Crippen LogP contribution < -0.4 is 19.7 Å². The van der Waals surface area contributed by atoms with E-state index < -0.39 is 0 Å². The Bertz CT molecular complexity index is 1020. The van der Waals surface area contributed by atoms with Crippen molar-refractivity contribution < 1.29 is 19.1 Å². The average Bonchev–Trinajstić information content (AvgIpc) is 3.31. The molecule has 0 atom stereocenters. The van der Waals surface area contributed by atoms with Gasteiger partial charge < -0.3 is 19.7 Å². The van der Waals surface area contributed by atoms with Crippen LogP contribution in [0.15, 0.2) is 66.0 Å². The topological polar surface area (TPSA) is 67.9 Å². The van der Waals surface area contributed by atoms with Crippen molar-refractivity contribution in [1.82, 2.24) is 5.32 Å². The van der Waals surface area contributed by atoms with Gasteiger partial charge in [-0.3, -0.25) is 9.59 Å². The number of fused-ring (bicyclic) bond motifs is 1. The molecule has 2 heterocycles. The zero-order valence-corrected chi connectivity index (χ0v) is 17.9. The molecule has 0 saturated carbocycles. The Labute approximate surface area is 185 Å². The zero-order chi connectivity index (χ0) is 21.5. The predicted octanol–water partition coefficient (Wildman–Crippen LogP) is 3.80. The Morgan fingerprint density at radius 2 is 1.77 bits per heavy atom. The lowest BCUT2D eigenvalue weighted by Gasteiger charge is -2.25. The predicted molar refractivity (Wildman–Crippen MR) is 121 cm³/mol. The second-order valence-electron chi connectivity index (χ2n) is 7.15. The molecule has 6 nitrogen and oxygen atoms in total. The first-order valence-electron chi connectivity index (χ1n) is 10.2. The van der Waals surface area contributed by atoms with Crippen molar-refractivity contribution in [3.8, 4) is 11.5 Å². The highest BCUT2D eigenvalue weighted by molar-refractivity contribution is 7.09. The Balaban J connectivity index is 1.40. The number of amides is 2. The van der Waals surface area contributed by atoms with Crippen molar-refractivity contribution in [2.75, 3.05) is 24.7 Å². The first-order chi connectivity index (χ1) is 15.2. The van der Waals surface area contributed by atoms with Gasteiger partial charge in [0.05, 0.1) is 13.0 Å². The normalized spacial score (nSPS) is 12.3. The standard InChI is InChI=1S/C24H24N2O4S/c27-23(15-18-5-2-1-3-6-18)25-11-10-24(28)26(17-20-7-4-14-31-20)19-8-9-21-22(16-19)30-13-12-29-21/h1-9,14,16H,10-13,15,17H2,(H,25,27). The van der Waals surface area contributed by atoms with Crippen molar-refractivity contribution in [1.29, 1.82) is 0 Å². The van der Waals surface area contributed by atoms with E-state index in [9.17, 15) is 9.59 Å². The quantitative estimate of drug-likeness (QED) is 0.583. The number of ether oxygens (including phenoxy) is 2. The van der Waals surface area contributed by atoms with Gasteiger partial charge in [0.2, 0.25) is 11.8 Å². The minimum Gasteiger partial charge on any atom is -0.486 e. The number of hydrogen-bond donors (Lipinski definition) is 1. The van der Waals surface area contributed by atoms with E-state index in [0.717, 1.165) is 16.1 Å². The van der Waals surface area contributed by atoms with Gasteiger partial charge in [0.15, 0.2) is 11.5 Å². The molecule has 2 amide bonds. The van der Waals surface area contributed by atoms with Gasteiger partial charge in [0.25, 0.3) is 0 Å². The van der Waals surface area contributed by atoms with Crippen LogP contribution in [0.25, 0.3) is 0 Å². The number of rotatable bonds is 8. The number of carbonyl (C=O) groups excluding carboxylic acids is 2. The van der Waals surface area contributed by atoms with Gasteiger partial charge in [-0.2, -0.15) is 0 Å². The van der Waals surface area contributed by atoms with Crippen molar-refractivity contribution in [2.45, 2.75) is 19.4 Å². The molecule has 1 aliphatic rings. The lowest BCUT2D eigenvalue weighted by molar-refractivity contribution is -0.121. The van der Waals surface area contributed by atoms with E-state index in [1.807, 2.05) is 66.0 Å². The Kier molecular flexibility index (Phi) is 6.84. The van der Waals surface area contributed by atoms with Crippen LogP contribution in [0.2, 0.25) is 0 Å². The number of nitrogens with one attached hydrogen (secondary N) is 1. The molecule has 0 unspecified atom stereocenters. The molecule has 7 heteroatoms. The van der Waals surface area contributed by atoms with Gasteiger partial charge in [0, 0.05) is 29.6 Å². The maximum atomic E-state index is 13.1. The minimum atomic E-state index is -0.0943. The Morgan fingerprint density at radius 1 is 0.968 bits per heavy atom. The fraction of sp³-hybridized carbons (Fsp3) is 0.250. The van der Waals surface area contributed by atoms with Crippen molar-refractivity contribution in [2.24, 2.45) is 0 Å². The second kappa shape index (κ2) is 10.1. The molecule has 0 bridgehead atoms. The molecule has 1 aromatic heterocycles. The summed E-state index contributed by atoms with van der Waals surface area (Å²) in [6.07, 6.45) is 0.510. The van der Waals surface area contributed by atoms with Crippen molar-refractivity contribution in [3.05, 3.63) is 76.5 Å². The van der Waals surface area contributed by atoms with Crippen LogP contribution in [0.3, 0.4) is 0 Å². The lowest BCUT2D eigenvalue weighted by Crippen LogP contribution is -2.34. The third kappa shape index (κ3) is 5.64. The summed E-state index contributed by atoms with van der Waals surface area (Å²) in [6, 6.07) is 19.1. The number of nitrogens with zero attached hydrogens (tertiary/aromatic N) is 1. The number of thiophene rings is 1. The zero-order valence-electron chi connectivity index (χ0n) is 17.1. The van der Waals surface area contributed by atoms with E-state index in [0.29, 0.717) is 37.7 Å². The summed E-state index contributed by atoms with van der Waals surface area (Å²) >= 11 is 1.60. The summed E-state index contributed by atoms with van der Waals surface area (Å²) in [5, 5.41) is 4.84. The summed E-state index contributed by atoms with van der Waals surface area (Å²) in [5.74, 6) is 1.17. The molecule has 0 fully saturated rings. The van der Waals surface area contributed by atoms with E-state index >= 15 is 0 Å². The van der Waals surface area contributed by atoms with Crippen LogP contribution in [-0.4, -0.2) is 31.6 Å². The maximum absolute atomic E-state index is 13.1. The van der Waals surface area contributed by atoms with E-state index in [4.69, 9.17) is 9.47 Å². The summed E-state index contributed by atoms with van der Waals surface area (Å²) in [6.45, 7) is 1.76. The number of anilines is 1. The third-order valence-corrected chi connectivity index (χ3v) is 5.76. The number of carbonyl (C=O) groups is 2. The highest BCUT2D eigenvalue weighted by atomic mass is 32.1. The van der Waals surface area contributed by atoms with Crippen molar-refractivity contribution in [3.63, 3.8) is 0 Å². The molecule has 0 spiro atoms. The number of hydrogen-bond acceptors (Lipinski definition) is 5. The van der Waals surface area contributed by atoms with Crippen molar-refractivity contribution >= 4 is 28.8 Å². The summed E-state index contributed by atoms with van der Waals surface area (Å²) in [5.41, 5.74) is 1.69. The second-order valence-corrected chi connectivity index (χ2v) is 8.18. The molecule has 3 aromatic rings. The maximum Gasteiger partial charge on any atom is 0.229 e. The van der Waals surface area contributed by atoms with Crippen LogP contribution >= 0.6 is 11.3 Å². The molecular weight excluding hydrogens is 412 g/mol. The fourth-order valence-corrected chi connectivity index (χ4v) is 4.06. The first kappa shape index (κ1) is 20.9. The smallest absolute Gasteiger partial charge is 0.229 e. The van der Waals surface area contributed by atoms with Gasteiger partial charge in [0.1, 0.15) is 13.2 Å². The van der Waals surface area contributed by atoms with E-state index in [2.05, 4.69) is 5.32 Å². The molecule has 1 N–H and O–H groups in total. The number of benzene rings is 2. The van der Waals surface area contributed by atoms with E-state index in [1.165, 1.54) is 0 Å². The van der Waals surface area contributed by atoms with Gasteiger partial charge in [-0.15, -0.1) is 11.3 Å². The van der Waals surface area contributed by atoms with Crippen LogP contribution in [0.1, 0.15) is 16.9 Å². The Morgan fingerprint density at radius 3 is 2.55 bits per heavy atom. The molecule has 0 aliphatic carbocycles. The Hall–Kier alpha value is -3.32. The van der Waals surface area contributed by atoms with Gasteiger partial charge >= 0.3 is 0 Å². The van der Waals surface area contributed by atoms with Gasteiger partial charge in [-0.05, 0) is 29.1 Å². The fourth-order valence-electron chi connectivity index (χ4n) is 3.37. The molecular formula is C24H24N2O4S. The highest BCUT2D eigenvalue weighted by Gasteiger charge is 2.20. The largest absolute Gasteiger partial charge is 0.486 e. The van der Waals surface area contributed by atoms with Crippen LogP contribution in [0.4, 0.5) is 5.69 Å². The van der Waals surface area contributed by atoms with Crippen LogP contribution in [0, 0.1) is 0 Å². The molecule has 160 valence electrons. The molecule has 0 radical (unpaired) electrons. The SMILES string of the molecule is O=C(Cc1ccccc1)NCCC(=O)N(Cc1cccs1)c1ccc2c(c1)OCCO2. The third-order valence-electron chi connectivity index (χ3n) is 4.90. The van der Waals surface area contributed by atoms with Gasteiger partial charge in [-0.1, -0.05) is 36.4 Å². The van der Waals surface area contributed by atoms with Crippen LogP contribution in [0.5, 0.6) is 11.5 Å². The summed E-state index contributed by atoms with van der Waals surface area (Å²) in [7, 11) is 0. The average molecular weight is 437 g/mol. The lowest BCUT2D eigenvalue weighted by atomic mass is 10.1. The first-order valence-corrected chi connectivity index (χ1v) is 11.1. The molecule has 2 aromatic carbocycles. The molecule has 31 heavy (non-hydrogen) atoms. The van der Waals surface area contributed by atoms with Gasteiger partial charge in [-0.25, -0.2) is 0 Å².